The lowest BCUT2D eigenvalue weighted by Gasteiger charge is -2.17. The van der Waals surface area contributed by atoms with E-state index in [0.29, 0.717) is 16.6 Å². The average Bonchev–Trinajstić information content (AvgIpc) is 2.42. The van der Waals surface area contributed by atoms with Crippen molar-refractivity contribution < 1.29 is 4.39 Å². The van der Waals surface area contributed by atoms with Crippen molar-refractivity contribution in [2.24, 2.45) is 5.92 Å². The Bertz CT molecular complexity index is 593. The minimum atomic E-state index is -0.328. The van der Waals surface area contributed by atoms with Crippen LogP contribution in [0.4, 0.5) is 10.1 Å². The second kappa shape index (κ2) is 6.95. The summed E-state index contributed by atoms with van der Waals surface area (Å²) in [4.78, 5) is 0. The molecule has 0 aromatic heterocycles. The van der Waals surface area contributed by atoms with Gasteiger partial charge >= 0.3 is 0 Å². The third-order valence-corrected chi connectivity index (χ3v) is 3.66. The molecule has 0 aliphatic rings. The van der Waals surface area contributed by atoms with Gasteiger partial charge in [0.1, 0.15) is 5.82 Å². The fourth-order valence-corrected chi connectivity index (χ4v) is 2.50. The predicted molar refractivity (Wildman–Crippen MR) is 88.4 cm³/mol. The Morgan fingerprint density at radius 3 is 2.29 bits per heavy atom. The molecular weight excluding hydrogens is 285 g/mol. The number of hydrogen-bond acceptors (Lipinski definition) is 1. The summed E-state index contributed by atoms with van der Waals surface area (Å²) in [5, 5.41) is 3.59. The number of halogens is 2. The van der Waals surface area contributed by atoms with Crippen molar-refractivity contribution in [2.75, 3.05) is 5.32 Å². The van der Waals surface area contributed by atoms with Gasteiger partial charge in [-0.15, -0.1) is 0 Å². The molecular formula is C18H21ClFN. The molecule has 0 spiro atoms. The molecule has 0 aliphatic heterocycles. The fourth-order valence-electron chi connectivity index (χ4n) is 2.34. The largest absolute Gasteiger partial charge is 0.376 e. The minimum Gasteiger partial charge on any atom is -0.376 e. The topological polar surface area (TPSA) is 12.0 Å². The predicted octanol–water partition coefficient (Wildman–Crippen LogP) is 5.85. The summed E-state index contributed by atoms with van der Waals surface area (Å²) in [5.74, 6) is 0.320. The highest BCUT2D eigenvalue weighted by atomic mass is 35.5. The zero-order chi connectivity index (χ0) is 15.4. The second-order valence-electron chi connectivity index (χ2n) is 5.83. The Morgan fingerprint density at radius 1 is 1.05 bits per heavy atom. The summed E-state index contributed by atoms with van der Waals surface area (Å²) in [7, 11) is 0. The Kier molecular flexibility index (Phi) is 5.24. The first-order valence-corrected chi connectivity index (χ1v) is 7.64. The molecule has 0 radical (unpaired) electrons. The highest BCUT2D eigenvalue weighted by Crippen LogP contribution is 2.24. The van der Waals surface area contributed by atoms with E-state index < -0.39 is 0 Å². The quantitative estimate of drug-likeness (QED) is 0.730. The first-order chi connectivity index (χ1) is 9.95. The Labute approximate surface area is 131 Å². The molecule has 0 amide bonds. The van der Waals surface area contributed by atoms with Gasteiger partial charge in [-0.05, 0) is 48.6 Å². The van der Waals surface area contributed by atoms with Crippen molar-refractivity contribution in [3.63, 3.8) is 0 Å². The van der Waals surface area contributed by atoms with E-state index >= 15 is 0 Å². The van der Waals surface area contributed by atoms with E-state index in [1.165, 1.54) is 11.6 Å². The maximum atomic E-state index is 13.8. The summed E-state index contributed by atoms with van der Waals surface area (Å²) < 4.78 is 13.8. The molecule has 0 aliphatic carbocycles. The molecule has 112 valence electrons. The molecule has 2 aromatic rings. The number of rotatable bonds is 5. The van der Waals surface area contributed by atoms with Crippen LogP contribution in [0.1, 0.15) is 37.9 Å². The maximum Gasteiger partial charge on any atom is 0.147 e. The maximum absolute atomic E-state index is 13.8. The molecule has 1 atom stereocenters. The molecule has 1 nitrogen and oxygen atoms in total. The smallest absolute Gasteiger partial charge is 0.147 e. The Balaban J connectivity index is 2.07. The van der Waals surface area contributed by atoms with Gasteiger partial charge in [0.2, 0.25) is 0 Å². The SMILES string of the molecule is CC(C)Cc1ccc(C(C)Nc2ccc(Cl)cc2F)cc1. The lowest BCUT2D eigenvalue weighted by molar-refractivity contribution is 0.627. The van der Waals surface area contributed by atoms with Gasteiger partial charge < -0.3 is 5.32 Å². The van der Waals surface area contributed by atoms with Crippen LogP contribution in [0.25, 0.3) is 0 Å². The van der Waals surface area contributed by atoms with Crippen LogP contribution in [0.15, 0.2) is 42.5 Å². The molecule has 0 saturated carbocycles. The van der Waals surface area contributed by atoms with Crippen LogP contribution in [0.3, 0.4) is 0 Å². The molecule has 1 unspecified atom stereocenters. The standard InChI is InChI=1S/C18H21ClFN/c1-12(2)10-14-4-6-15(7-5-14)13(3)21-18-9-8-16(19)11-17(18)20/h4-9,11-13,21H,10H2,1-3H3. The van der Waals surface area contributed by atoms with E-state index in [1.807, 2.05) is 6.92 Å². The zero-order valence-electron chi connectivity index (χ0n) is 12.7. The highest BCUT2D eigenvalue weighted by molar-refractivity contribution is 6.30. The normalized spacial score (nSPS) is 12.5. The van der Waals surface area contributed by atoms with Crippen LogP contribution in [0.2, 0.25) is 5.02 Å². The van der Waals surface area contributed by atoms with Crippen molar-refractivity contribution in [2.45, 2.75) is 33.2 Å². The lowest BCUT2D eigenvalue weighted by atomic mass is 10.00. The van der Waals surface area contributed by atoms with Crippen LogP contribution >= 0.6 is 11.6 Å². The van der Waals surface area contributed by atoms with Crippen LogP contribution < -0.4 is 5.32 Å². The molecule has 1 N–H and O–H groups in total. The zero-order valence-corrected chi connectivity index (χ0v) is 13.4. The van der Waals surface area contributed by atoms with Crippen molar-refractivity contribution >= 4 is 17.3 Å². The van der Waals surface area contributed by atoms with Gasteiger partial charge in [0.25, 0.3) is 0 Å². The van der Waals surface area contributed by atoms with Crippen molar-refractivity contribution in [3.8, 4) is 0 Å². The van der Waals surface area contributed by atoms with E-state index in [2.05, 4.69) is 43.4 Å². The molecule has 21 heavy (non-hydrogen) atoms. The monoisotopic (exact) mass is 305 g/mol. The summed E-state index contributed by atoms with van der Waals surface area (Å²) >= 11 is 5.76. The Morgan fingerprint density at radius 2 is 1.71 bits per heavy atom. The number of hydrogen-bond donors (Lipinski definition) is 1. The first-order valence-electron chi connectivity index (χ1n) is 7.26. The summed E-state index contributed by atoms with van der Waals surface area (Å²) in [6, 6.07) is 13.2. The van der Waals surface area contributed by atoms with Gasteiger partial charge in [-0.25, -0.2) is 4.39 Å². The minimum absolute atomic E-state index is 0.0359. The molecule has 0 fully saturated rings. The third-order valence-electron chi connectivity index (χ3n) is 3.43. The Hall–Kier alpha value is -1.54. The number of benzene rings is 2. The first kappa shape index (κ1) is 15.8. The van der Waals surface area contributed by atoms with E-state index in [0.717, 1.165) is 12.0 Å². The molecule has 0 bridgehead atoms. The van der Waals surface area contributed by atoms with Crippen molar-refractivity contribution in [1.82, 2.24) is 0 Å². The molecule has 0 heterocycles. The van der Waals surface area contributed by atoms with E-state index in [1.54, 1.807) is 12.1 Å². The van der Waals surface area contributed by atoms with Gasteiger partial charge in [0.05, 0.1) is 5.69 Å². The summed E-state index contributed by atoms with van der Waals surface area (Å²) in [6.45, 7) is 6.44. The van der Waals surface area contributed by atoms with Crippen LogP contribution in [-0.4, -0.2) is 0 Å². The van der Waals surface area contributed by atoms with Crippen LogP contribution in [0.5, 0.6) is 0 Å². The van der Waals surface area contributed by atoms with Crippen LogP contribution in [0, 0.1) is 11.7 Å². The van der Waals surface area contributed by atoms with Crippen molar-refractivity contribution in [1.29, 1.82) is 0 Å². The van der Waals surface area contributed by atoms with Gasteiger partial charge in [0.15, 0.2) is 0 Å². The van der Waals surface area contributed by atoms with Crippen molar-refractivity contribution in [3.05, 3.63) is 64.4 Å². The highest BCUT2D eigenvalue weighted by Gasteiger charge is 2.09. The fraction of sp³-hybridized carbons (Fsp3) is 0.333. The van der Waals surface area contributed by atoms with Gasteiger partial charge in [-0.2, -0.15) is 0 Å². The average molecular weight is 306 g/mol. The molecule has 2 rings (SSSR count). The number of anilines is 1. The van der Waals surface area contributed by atoms with E-state index in [9.17, 15) is 4.39 Å². The molecule has 0 saturated heterocycles. The van der Waals surface area contributed by atoms with E-state index in [-0.39, 0.29) is 11.9 Å². The third kappa shape index (κ3) is 4.47. The van der Waals surface area contributed by atoms with Gasteiger partial charge in [0, 0.05) is 11.1 Å². The van der Waals surface area contributed by atoms with Gasteiger partial charge in [-0.3, -0.25) is 0 Å². The molecule has 3 heteroatoms. The number of nitrogens with one attached hydrogen (secondary N) is 1. The lowest BCUT2D eigenvalue weighted by Crippen LogP contribution is -2.08. The van der Waals surface area contributed by atoms with Gasteiger partial charge in [-0.1, -0.05) is 49.7 Å². The second-order valence-corrected chi connectivity index (χ2v) is 6.27. The summed E-state index contributed by atoms with van der Waals surface area (Å²) in [6.07, 6.45) is 1.08. The summed E-state index contributed by atoms with van der Waals surface area (Å²) in [5.41, 5.74) is 2.94. The molecule has 2 aromatic carbocycles. The van der Waals surface area contributed by atoms with Crippen LogP contribution in [-0.2, 0) is 6.42 Å². The van der Waals surface area contributed by atoms with E-state index in [4.69, 9.17) is 11.6 Å².